The molecule has 0 bridgehead atoms. The second-order valence-corrected chi connectivity index (χ2v) is 9.02. The molecule has 0 aliphatic heterocycles. The van der Waals surface area contributed by atoms with E-state index < -0.39 is 5.97 Å². The van der Waals surface area contributed by atoms with Crippen LogP contribution < -0.4 is 5.32 Å². The molecule has 0 spiro atoms. The number of amides is 1. The maximum Gasteiger partial charge on any atom is 0.341 e. The number of halogens is 1. The Bertz CT molecular complexity index is 1100. The summed E-state index contributed by atoms with van der Waals surface area (Å²) in [5, 5.41) is 7.91. The van der Waals surface area contributed by atoms with Crippen LogP contribution in [-0.4, -0.2) is 28.3 Å². The molecule has 0 aliphatic carbocycles. The summed E-state index contributed by atoms with van der Waals surface area (Å²) >= 11 is 4.92. The van der Waals surface area contributed by atoms with E-state index in [1.54, 1.807) is 19.1 Å². The molecule has 8 heteroatoms. The van der Waals surface area contributed by atoms with Gasteiger partial charge in [0.1, 0.15) is 5.00 Å². The molecule has 30 heavy (non-hydrogen) atoms. The van der Waals surface area contributed by atoms with Gasteiger partial charge in [0.05, 0.1) is 34.6 Å². The van der Waals surface area contributed by atoms with Crippen LogP contribution in [-0.2, 0) is 11.3 Å². The van der Waals surface area contributed by atoms with Gasteiger partial charge in [-0.2, -0.15) is 5.10 Å². The van der Waals surface area contributed by atoms with Crippen LogP contribution in [0, 0.1) is 27.7 Å². The molecule has 0 fully saturated rings. The fourth-order valence-electron chi connectivity index (χ4n) is 3.10. The molecule has 0 unspecified atom stereocenters. The van der Waals surface area contributed by atoms with E-state index in [1.807, 2.05) is 44.5 Å². The van der Waals surface area contributed by atoms with Crippen LogP contribution in [0.15, 0.2) is 28.7 Å². The summed E-state index contributed by atoms with van der Waals surface area (Å²) in [4.78, 5) is 26.0. The Labute approximate surface area is 188 Å². The van der Waals surface area contributed by atoms with Crippen molar-refractivity contribution in [1.82, 2.24) is 9.78 Å². The highest BCUT2D eigenvalue weighted by atomic mass is 79.9. The van der Waals surface area contributed by atoms with Gasteiger partial charge in [-0.1, -0.05) is 12.1 Å². The van der Waals surface area contributed by atoms with E-state index in [0.29, 0.717) is 22.7 Å². The summed E-state index contributed by atoms with van der Waals surface area (Å²) in [6.45, 7) is 10.4. The Morgan fingerprint density at radius 2 is 1.83 bits per heavy atom. The van der Waals surface area contributed by atoms with Gasteiger partial charge in [0.25, 0.3) is 5.91 Å². The largest absolute Gasteiger partial charge is 0.462 e. The van der Waals surface area contributed by atoms with Gasteiger partial charge in [-0.3, -0.25) is 9.48 Å². The Kier molecular flexibility index (Phi) is 6.77. The molecule has 1 N–H and O–H groups in total. The Morgan fingerprint density at radius 1 is 1.17 bits per heavy atom. The Hall–Kier alpha value is -2.45. The average molecular weight is 490 g/mol. The predicted octanol–water partition coefficient (Wildman–Crippen LogP) is 5.42. The van der Waals surface area contributed by atoms with E-state index >= 15 is 0 Å². The van der Waals surface area contributed by atoms with Gasteiger partial charge < -0.3 is 10.1 Å². The molecule has 158 valence electrons. The molecule has 3 aromatic rings. The lowest BCUT2D eigenvalue weighted by molar-refractivity contribution is 0.0527. The topological polar surface area (TPSA) is 73.2 Å². The van der Waals surface area contributed by atoms with E-state index in [-0.39, 0.29) is 12.5 Å². The van der Waals surface area contributed by atoms with E-state index in [0.717, 1.165) is 31.9 Å². The van der Waals surface area contributed by atoms with Crippen LogP contribution in [0.2, 0.25) is 0 Å². The zero-order chi connectivity index (χ0) is 22.0. The molecule has 1 amide bonds. The highest BCUT2D eigenvalue weighted by Crippen LogP contribution is 2.33. The van der Waals surface area contributed by atoms with Crippen LogP contribution in [0.3, 0.4) is 0 Å². The number of aryl methyl sites for hydroxylation is 2. The summed E-state index contributed by atoms with van der Waals surface area (Å²) < 4.78 is 8.09. The maximum absolute atomic E-state index is 12.8. The number of benzene rings is 1. The van der Waals surface area contributed by atoms with Crippen molar-refractivity contribution in [2.24, 2.45) is 0 Å². The highest BCUT2D eigenvalue weighted by Gasteiger charge is 2.22. The summed E-state index contributed by atoms with van der Waals surface area (Å²) in [5.41, 5.74) is 4.83. The standard InChI is InChI=1S/C22H24BrN3O3S/c1-6-29-22(28)18-12(2)15(5)30-21(18)24-20(27)17-9-7-16(8-10-17)11-26-14(4)19(23)13(3)25-26/h7-10H,6,11H2,1-5H3,(H,24,27). The van der Waals surface area contributed by atoms with Crippen molar-refractivity contribution >= 4 is 44.1 Å². The Balaban J connectivity index is 1.76. The van der Waals surface area contributed by atoms with Gasteiger partial charge in [-0.15, -0.1) is 11.3 Å². The molecule has 0 aliphatic rings. The first-order chi connectivity index (χ1) is 14.2. The minimum Gasteiger partial charge on any atom is -0.462 e. The number of aromatic nitrogens is 2. The zero-order valence-corrected chi connectivity index (χ0v) is 20.0. The third-order valence-corrected chi connectivity index (χ3v) is 7.20. The summed E-state index contributed by atoms with van der Waals surface area (Å²) in [5.74, 6) is -0.678. The smallest absolute Gasteiger partial charge is 0.341 e. The number of ether oxygens (including phenoxy) is 1. The normalized spacial score (nSPS) is 10.9. The molecule has 3 rings (SSSR count). The third-order valence-electron chi connectivity index (χ3n) is 4.93. The number of carbonyl (C=O) groups is 2. The predicted molar refractivity (Wildman–Crippen MR) is 123 cm³/mol. The first-order valence-electron chi connectivity index (χ1n) is 9.59. The first-order valence-corrected chi connectivity index (χ1v) is 11.2. The third kappa shape index (κ3) is 4.49. The van der Waals surface area contributed by atoms with Crippen molar-refractivity contribution in [2.75, 3.05) is 11.9 Å². The minimum atomic E-state index is -0.416. The van der Waals surface area contributed by atoms with E-state index in [9.17, 15) is 9.59 Å². The lowest BCUT2D eigenvalue weighted by Gasteiger charge is -2.08. The number of rotatable bonds is 6. The monoisotopic (exact) mass is 489 g/mol. The lowest BCUT2D eigenvalue weighted by atomic mass is 10.1. The molecule has 0 atom stereocenters. The average Bonchev–Trinajstić information content (AvgIpc) is 3.12. The maximum atomic E-state index is 12.8. The zero-order valence-electron chi connectivity index (χ0n) is 17.6. The number of esters is 1. The molecule has 0 saturated carbocycles. The summed E-state index contributed by atoms with van der Waals surface area (Å²) in [6, 6.07) is 7.39. The molecule has 0 radical (unpaired) electrons. The van der Waals surface area contributed by atoms with Crippen LogP contribution in [0.4, 0.5) is 5.00 Å². The number of thiophene rings is 1. The van der Waals surface area contributed by atoms with Crippen LogP contribution in [0.25, 0.3) is 0 Å². The van der Waals surface area contributed by atoms with Gasteiger partial charge in [-0.25, -0.2) is 4.79 Å². The van der Waals surface area contributed by atoms with Crippen molar-refractivity contribution in [2.45, 2.75) is 41.2 Å². The second-order valence-electron chi connectivity index (χ2n) is 7.00. The number of anilines is 1. The highest BCUT2D eigenvalue weighted by molar-refractivity contribution is 9.10. The molecule has 1 aromatic carbocycles. The van der Waals surface area contributed by atoms with Crippen LogP contribution >= 0.6 is 27.3 Å². The van der Waals surface area contributed by atoms with Gasteiger partial charge in [0.15, 0.2) is 0 Å². The Morgan fingerprint density at radius 3 is 2.40 bits per heavy atom. The molecule has 2 aromatic heterocycles. The summed E-state index contributed by atoms with van der Waals surface area (Å²) in [7, 11) is 0. The minimum absolute atomic E-state index is 0.262. The van der Waals surface area contributed by atoms with Crippen LogP contribution in [0.1, 0.15) is 55.0 Å². The van der Waals surface area contributed by atoms with Crippen molar-refractivity contribution in [3.8, 4) is 0 Å². The fraction of sp³-hybridized carbons (Fsp3) is 0.318. The van der Waals surface area contributed by atoms with Gasteiger partial charge in [-0.05, 0) is 73.8 Å². The number of carbonyl (C=O) groups excluding carboxylic acids is 2. The van der Waals surface area contributed by atoms with Gasteiger partial charge >= 0.3 is 5.97 Å². The van der Waals surface area contributed by atoms with Crippen LogP contribution in [0.5, 0.6) is 0 Å². The number of nitrogens with one attached hydrogen (secondary N) is 1. The van der Waals surface area contributed by atoms with Crippen molar-refractivity contribution in [1.29, 1.82) is 0 Å². The molecule has 0 saturated heterocycles. The van der Waals surface area contributed by atoms with Crippen molar-refractivity contribution in [3.63, 3.8) is 0 Å². The van der Waals surface area contributed by atoms with E-state index in [2.05, 4.69) is 26.3 Å². The first kappa shape index (κ1) is 22.2. The van der Waals surface area contributed by atoms with Gasteiger partial charge in [0.2, 0.25) is 0 Å². The van der Waals surface area contributed by atoms with Gasteiger partial charge in [0, 0.05) is 10.4 Å². The lowest BCUT2D eigenvalue weighted by Crippen LogP contribution is -2.15. The van der Waals surface area contributed by atoms with E-state index in [1.165, 1.54) is 11.3 Å². The molecule has 6 nitrogen and oxygen atoms in total. The van der Waals surface area contributed by atoms with E-state index in [4.69, 9.17) is 4.74 Å². The van der Waals surface area contributed by atoms with Crippen molar-refractivity contribution < 1.29 is 14.3 Å². The number of hydrogen-bond acceptors (Lipinski definition) is 5. The summed E-state index contributed by atoms with van der Waals surface area (Å²) in [6.07, 6.45) is 0. The quantitative estimate of drug-likeness (QED) is 0.469. The molecular weight excluding hydrogens is 466 g/mol. The molecule has 2 heterocycles. The number of nitrogens with zero attached hydrogens (tertiary/aromatic N) is 2. The fourth-order valence-corrected chi connectivity index (χ4v) is 4.43. The number of hydrogen-bond donors (Lipinski definition) is 1. The van der Waals surface area contributed by atoms with Crippen molar-refractivity contribution in [3.05, 3.63) is 67.3 Å². The molecular formula is C22H24BrN3O3S. The second kappa shape index (κ2) is 9.14. The SMILES string of the molecule is CCOC(=O)c1c(NC(=O)c2ccc(Cn3nc(C)c(Br)c3C)cc2)sc(C)c1C.